The fourth-order valence-corrected chi connectivity index (χ4v) is 6.07. The Kier molecular flexibility index (Phi) is 14.1. The third-order valence-electron chi connectivity index (χ3n) is 7.69. The molecule has 0 radical (unpaired) electrons. The van der Waals surface area contributed by atoms with E-state index in [1.54, 1.807) is 52.3 Å². The van der Waals surface area contributed by atoms with Gasteiger partial charge in [0.1, 0.15) is 10.7 Å². The van der Waals surface area contributed by atoms with E-state index in [-0.39, 0.29) is 97.8 Å². The van der Waals surface area contributed by atoms with Crippen molar-refractivity contribution in [2.75, 3.05) is 73.0 Å². The highest BCUT2D eigenvalue weighted by molar-refractivity contribution is 7.86. The molecule has 54 heavy (non-hydrogen) atoms. The van der Waals surface area contributed by atoms with Crippen molar-refractivity contribution in [1.82, 2.24) is 29.9 Å². The minimum Gasteiger partial charge on any atom is -0.395 e. The van der Waals surface area contributed by atoms with E-state index in [1.165, 1.54) is 12.1 Å². The molecule has 17 nitrogen and oxygen atoms in total. The molecule has 0 bridgehead atoms. The molecule has 0 saturated heterocycles. The fourth-order valence-electron chi connectivity index (χ4n) is 5.20. The minimum atomic E-state index is -4.68. The summed E-state index contributed by atoms with van der Waals surface area (Å²) in [6.45, 7) is -0.0631. The van der Waals surface area contributed by atoms with E-state index in [1.807, 2.05) is 30.3 Å². The first kappa shape index (κ1) is 39.9. The van der Waals surface area contributed by atoms with Gasteiger partial charge in [0.25, 0.3) is 10.1 Å². The van der Waals surface area contributed by atoms with Gasteiger partial charge in [0.15, 0.2) is 0 Å². The second kappa shape index (κ2) is 19.1. The van der Waals surface area contributed by atoms with Gasteiger partial charge in [-0.2, -0.15) is 38.3 Å². The predicted octanol–water partition coefficient (Wildman–Crippen LogP) is 2.79. The molecule has 5 aromatic rings. The lowest BCUT2D eigenvalue weighted by Gasteiger charge is -2.21. The number of aliphatic hydroxyl groups excluding tert-OH is 4. The van der Waals surface area contributed by atoms with Crippen LogP contribution in [0.15, 0.2) is 77.7 Å². The number of nitrogens with one attached hydrogen (secondary N) is 2. The van der Waals surface area contributed by atoms with E-state index in [9.17, 15) is 33.4 Å². The molecule has 0 unspecified atom stereocenters. The third-order valence-corrected chi connectivity index (χ3v) is 8.76. The molecule has 2 aromatic heterocycles. The van der Waals surface area contributed by atoms with Crippen molar-refractivity contribution in [3.8, 4) is 0 Å². The zero-order valence-corrected chi connectivity index (χ0v) is 30.4. The van der Waals surface area contributed by atoms with Crippen molar-refractivity contribution in [3.05, 3.63) is 101 Å². The van der Waals surface area contributed by atoms with Gasteiger partial charge in [0.05, 0.1) is 26.4 Å². The van der Waals surface area contributed by atoms with E-state index < -0.39 is 10.1 Å². The second-order valence-electron chi connectivity index (χ2n) is 11.6. The van der Waals surface area contributed by atoms with Crippen molar-refractivity contribution in [2.24, 2.45) is 0 Å². The minimum absolute atomic E-state index is 0.0765. The first-order valence-electron chi connectivity index (χ1n) is 16.7. The van der Waals surface area contributed by atoms with Crippen LogP contribution in [0.2, 0.25) is 5.28 Å². The summed E-state index contributed by atoms with van der Waals surface area (Å²) in [6.07, 6.45) is 3.58. The van der Waals surface area contributed by atoms with E-state index in [2.05, 4.69) is 40.5 Å². The van der Waals surface area contributed by atoms with Crippen LogP contribution >= 0.6 is 11.6 Å². The standard InChI is InChI=1S/C35H39ClN10O7S/c36-31-41-33(44-35(42-31)46(16-20-49)17-21-50)37-27-11-7-24(8-12-27)6-9-26-10-13-28(23-29(26)54(51,52)53)38-32-39-30(22-25-4-2-1-3-5-25)40-34(43-32)45(14-18-47)15-19-48/h1-13,23,47-50H,14-22H2,(H,51,52,53)(H,37,41,42,44)(H,38,39,40,43)/b9-6+. The second-order valence-corrected chi connectivity index (χ2v) is 13.3. The lowest BCUT2D eigenvalue weighted by Crippen LogP contribution is -2.32. The van der Waals surface area contributed by atoms with Crippen LogP contribution in [0, 0.1) is 0 Å². The first-order valence-corrected chi connectivity index (χ1v) is 18.5. The van der Waals surface area contributed by atoms with Crippen LogP contribution in [0.4, 0.5) is 35.2 Å². The van der Waals surface area contributed by atoms with Gasteiger partial charge in [0, 0.05) is 44.0 Å². The van der Waals surface area contributed by atoms with Crippen molar-refractivity contribution >= 4 is 69.0 Å². The molecule has 0 saturated carbocycles. The topological polar surface area (TPSA) is 243 Å². The quantitative estimate of drug-likeness (QED) is 0.0471. The van der Waals surface area contributed by atoms with Gasteiger partial charge in [-0.1, -0.05) is 60.7 Å². The molecule has 0 aliphatic heterocycles. The summed E-state index contributed by atoms with van der Waals surface area (Å²) in [4.78, 5) is 28.9. The maximum absolute atomic E-state index is 12.5. The highest BCUT2D eigenvalue weighted by Crippen LogP contribution is 2.26. The van der Waals surface area contributed by atoms with Crippen LogP contribution < -0.4 is 20.4 Å². The van der Waals surface area contributed by atoms with Gasteiger partial charge in [0.2, 0.25) is 29.1 Å². The normalized spacial score (nSPS) is 11.5. The number of nitrogens with zero attached hydrogens (tertiary/aromatic N) is 8. The highest BCUT2D eigenvalue weighted by atomic mass is 35.5. The number of aromatic nitrogens is 6. The zero-order chi connectivity index (χ0) is 38.5. The number of benzene rings is 3. The molecule has 0 fully saturated rings. The van der Waals surface area contributed by atoms with Gasteiger partial charge in [-0.3, -0.25) is 4.55 Å². The first-order chi connectivity index (χ1) is 26.1. The summed E-state index contributed by atoms with van der Waals surface area (Å²) in [5.41, 5.74) is 2.73. The SMILES string of the molecule is O=S(=O)(O)c1cc(Nc2nc(Cc3ccccc3)nc(N(CCO)CCO)n2)ccc1/C=C/c1ccc(Nc2nc(Cl)nc(N(CCO)CCO)n2)cc1. The van der Waals surface area contributed by atoms with Gasteiger partial charge in [-0.05, 0) is 52.6 Å². The molecule has 0 atom stereocenters. The molecule has 7 N–H and O–H groups in total. The smallest absolute Gasteiger partial charge is 0.295 e. The number of rotatable bonds is 19. The van der Waals surface area contributed by atoms with Crippen LogP contribution in [0.3, 0.4) is 0 Å². The number of halogens is 1. The van der Waals surface area contributed by atoms with Gasteiger partial charge >= 0.3 is 0 Å². The number of hydrogen-bond acceptors (Lipinski definition) is 16. The van der Waals surface area contributed by atoms with Gasteiger partial charge in [-0.15, -0.1) is 0 Å². The Hall–Kier alpha value is -5.34. The number of anilines is 6. The van der Waals surface area contributed by atoms with Crippen molar-refractivity contribution < 1.29 is 33.4 Å². The molecule has 0 aliphatic carbocycles. The summed E-state index contributed by atoms with van der Waals surface area (Å²) in [7, 11) is -4.68. The van der Waals surface area contributed by atoms with Crippen LogP contribution in [-0.4, -0.2) is 116 Å². The Morgan fingerprint density at radius 3 is 1.80 bits per heavy atom. The van der Waals surface area contributed by atoms with E-state index >= 15 is 0 Å². The average molecular weight is 779 g/mol. The third kappa shape index (κ3) is 11.3. The lowest BCUT2D eigenvalue weighted by molar-refractivity contribution is 0.279. The maximum Gasteiger partial charge on any atom is 0.295 e. The molecule has 2 heterocycles. The van der Waals surface area contributed by atoms with Crippen LogP contribution in [-0.2, 0) is 16.5 Å². The Bertz CT molecular complexity index is 2120. The largest absolute Gasteiger partial charge is 0.395 e. The predicted molar refractivity (Wildman–Crippen MR) is 205 cm³/mol. The highest BCUT2D eigenvalue weighted by Gasteiger charge is 2.18. The Balaban J connectivity index is 1.36. The van der Waals surface area contributed by atoms with Crippen LogP contribution in [0.1, 0.15) is 22.5 Å². The summed E-state index contributed by atoms with van der Waals surface area (Å²) in [6, 6.07) is 20.9. The molecular formula is C35H39ClN10O7S. The monoisotopic (exact) mass is 778 g/mol. The van der Waals surface area contributed by atoms with Crippen molar-refractivity contribution in [3.63, 3.8) is 0 Å². The average Bonchev–Trinajstić information content (AvgIpc) is 3.14. The van der Waals surface area contributed by atoms with Crippen molar-refractivity contribution in [1.29, 1.82) is 0 Å². The fraction of sp³-hybridized carbons (Fsp3) is 0.257. The summed E-state index contributed by atoms with van der Waals surface area (Å²) >= 11 is 6.10. The molecular weight excluding hydrogens is 740 g/mol. The van der Waals surface area contributed by atoms with Gasteiger partial charge in [-0.25, -0.2) is 0 Å². The number of hydrogen-bond donors (Lipinski definition) is 7. The summed E-state index contributed by atoms with van der Waals surface area (Å²) < 4.78 is 35.2. The van der Waals surface area contributed by atoms with Crippen molar-refractivity contribution in [2.45, 2.75) is 11.3 Å². The Morgan fingerprint density at radius 2 is 1.20 bits per heavy atom. The molecule has 3 aromatic carbocycles. The Labute approximate surface area is 316 Å². The summed E-state index contributed by atoms with van der Waals surface area (Å²) in [5, 5.41) is 43.8. The zero-order valence-electron chi connectivity index (χ0n) is 28.9. The van der Waals surface area contributed by atoms with E-state index in [4.69, 9.17) is 11.6 Å². The summed E-state index contributed by atoms with van der Waals surface area (Å²) in [5.74, 6) is 1.03. The molecule has 0 spiro atoms. The van der Waals surface area contributed by atoms with Gasteiger partial charge < -0.3 is 40.9 Å². The van der Waals surface area contributed by atoms with E-state index in [0.717, 1.165) is 5.56 Å². The lowest BCUT2D eigenvalue weighted by atomic mass is 10.1. The van der Waals surface area contributed by atoms with E-state index in [0.29, 0.717) is 23.5 Å². The molecule has 5 rings (SSSR count). The Morgan fingerprint density at radius 1 is 0.648 bits per heavy atom. The van der Waals surface area contributed by atoms with Crippen LogP contribution in [0.25, 0.3) is 12.2 Å². The number of aliphatic hydroxyl groups is 4. The molecule has 19 heteroatoms. The maximum atomic E-state index is 12.5. The van der Waals surface area contributed by atoms with Crippen LogP contribution in [0.5, 0.6) is 0 Å². The molecule has 0 amide bonds. The molecule has 284 valence electrons. The molecule has 0 aliphatic rings.